The molecule has 1 aromatic heterocycles. The third kappa shape index (κ3) is 3.71. The van der Waals surface area contributed by atoms with Gasteiger partial charge in [-0.15, -0.1) is 0 Å². The summed E-state index contributed by atoms with van der Waals surface area (Å²) in [5.74, 6) is 1.55. The van der Waals surface area contributed by atoms with Gasteiger partial charge in [-0.25, -0.2) is 0 Å². The minimum Gasteiger partial charge on any atom is -0.493 e. The third-order valence-electron chi connectivity index (χ3n) is 6.17. The van der Waals surface area contributed by atoms with Crippen molar-refractivity contribution in [3.63, 3.8) is 0 Å². The van der Waals surface area contributed by atoms with Crippen LogP contribution in [0.4, 0.5) is 0 Å². The molecule has 1 saturated heterocycles. The predicted octanol–water partition coefficient (Wildman–Crippen LogP) is 2.63. The first-order chi connectivity index (χ1) is 14.1. The fourth-order valence-corrected chi connectivity index (χ4v) is 4.57. The highest BCUT2D eigenvalue weighted by molar-refractivity contribution is 5.78. The smallest absolute Gasteiger partial charge is 0.227 e. The largest absolute Gasteiger partial charge is 0.493 e. The van der Waals surface area contributed by atoms with Gasteiger partial charge in [0.15, 0.2) is 11.5 Å². The van der Waals surface area contributed by atoms with Gasteiger partial charge in [0.1, 0.15) is 0 Å². The number of amides is 1. The first-order valence-corrected chi connectivity index (χ1v) is 10.2. The van der Waals surface area contributed by atoms with E-state index in [2.05, 4.69) is 17.2 Å². The molecule has 2 aliphatic rings. The minimum absolute atomic E-state index is 0.104. The van der Waals surface area contributed by atoms with E-state index in [0.717, 1.165) is 30.8 Å². The van der Waals surface area contributed by atoms with Crippen molar-refractivity contribution >= 4 is 5.91 Å². The molecule has 2 aromatic rings. The summed E-state index contributed by atoms with van der Waals surface area (Å²) in [5.41, 5.74) is 2.08. The molecule has 1 spiro atoms. The molecule has 1 unspecified atom stereocenters. The number of aromatic nitrogens is 2. The molecule has 1 fully saturated rings. The predicted molar refractivity (Wildman–Crippen MR) is 108 cm³/mol. The Morgan fingerprint density at radius 2 is 1.97 bits per heavy atom. The van der Waals surface area contributed by atoms with Gasteiger partial charge in [-0.05, 0) is 48.6 Å². The highest BCUT2D eigenvalue weighted by Gasteiger charge is 2.42. The van der Waals surface area contributed by atoms with E-state index in [4.69, 9.17) is 14.2 Å². The summed E-state index contributed by atoms with van der Waals surface area (Å²) in [6, 6.07) is 6.01. The normalized spacial score (nSPS) is 18.9. The summed E-state index contributed by atoms with van der Waals surface area (Å²) in [5, 5.41) is 4.21. The summed E-state index contributed by atoms with van der Waals surface area (Å²) in [6.45, 7) is 4.64. The van der Waals surface area contributed by atoms with Crippen LogP contribution in [0.2, 0.25) is 0 Å². The summed E-state index contributed by atoms with van der Waals surface area (Å²) >= 11 is 0. The first-order valence-electron chi connectivity index (χ1n) is 10.2. The maximum Gasteiger partial charge on any atom is 0.227 e. The molecule has 1 aromatic carbocycles. The molecule has 7 nitrogen and oxygen atoms in total. The number of fused-ring (bicyclic) bond motifs is 2. The second-order valence-electron chi connectivity index (χ2n) is 7.91. The molecule has 1 amide bonds. The molecule has 7 heteroatoms. The van der Waals surface area contributed by atoms with Gasteiger partial charge in [0.25, 0.3) is 0 Å². The molecule has 156 valence electrons. The quantitative estimate of drug-likeness (QED) is 0.773. The Morgan fingerprint density at radius 3 is 2.62 bits per heavy atom. The van der Waals surface area contributed by atoms with Gasteiger partial charge in [0.2, 0.25) is 5.91 Å². The Morgan fingerprint density at radius 1 is 1.24 bits per heavy atom. The Labute approximate surface area is 171 Å². The van der Waals surface area contributed by atoms with E-state index in [9.17, 15) is 4.79 Å². The van der Waals surface area contributed by atoms with Gasteiger partial charge in [-0.1, -0.05) is 6.92 Å². The van der Waals surface area contributed by atoms with Crippen molar-refractivity contribution in [3.05, 3.63) is 41.7 Å². The number of ether oxygens (including phenoxy) is 3. The topological polar surface area (TPSA) is 65.8 Å². The van der Waals surface area contributed by atoms with Crippen LogP contribution in [0, 0.1) is 5.92 Å². The van der Waals surface area contributed by atoms with E-state index in [1.807, 2.05) is 28.8 Å². The van der Waals surface area contributed by atoms with E-state index in [1.165, 1.54) is 11.1 Å². The lowest BCUT2D eigenvalue weighted by Gasteiger charge is -2.45. The fourth-order valence-electron chi connectivity index (χ4n) is 4.57. The van der Waals surface area contributed by atoms with Crippen LogP contribution < -0.4 is 9.47 Å². The molecular weight excluding hydrogens is 370 g/mol. The van der Waals surface area contributed by atoms with Crippen molar-refractivity contribution in [2.75, 3.05) is 33.9 Å². The average Bonchev–Trinajstić information content (AvgIpc) is 3.26. The van der Waals surface area contributed by atoms with E-state index >= 15 is 0 Å². The SMILES string of the molecule is COc1cc2c(cc1OC)C1(CCN(C(=O)C(C)Cn3cccn3)CC1)OCC2. The van der Waals surface area contributed by atoms with E-state index in [0.29, 0.717) is 26.2 Å². The van der Waals surface area contributed by atoms with Gasteiger partial charge >= 0.3 is 0 Å². The number of methoxy groups -OCH3 is 2. The zero-order valence-electron chi connectivity index (χ0n) is 17.4. The number of nitrogens with zero attached hydrogens (tertiary/aromatic N) is 3. The number of carbonyl (C=O) groups excluding carboxylic acids is 1. The van der Waals surface area contributed by atoms with Gasteiger partial charge in [0, 0.05) is 25.5 Å². The van der Waals surface area contributed by atoms with E-state index < -0.39 is 0 Å². The number of rotatable bonds is 5. The second kappa shape index (κ2) is 8.06. The molecule has 4 rings (SSSR count). The van der Waals surface area contributed by atoms with Crippen LogP contribution >= 0.6 is 0 Å². The van der Waals surface area contributed by atoms with E-state index in [-0.39, 0.29) is 17.4 Å². The number of hydrogen-bond acceptors (Lipinski definition) is 5. The highest BCUT2D eigenvalue weighted by Crippen LogP contribution is 2.45. The molecule has 1 atom stereocenters. The van der Waals surface area contributed by atoms with Crippen molar-refractivity contribution in [2.24, 2.45) is 5.92 Å². The van der Waals surface area contributed by atoms with Crippen molar-refractivity contribution in [3.8, 4) is 11.5 Å². The van der Waals surface area contributed by atoms with Crippen LogP contribution in [0.3, 0.4) is 0 Å². The third-order valence-corrected chi connectivity index (χ3v) is 6.17. The number of piperidine rings is 1. The van der Waals surface area contributed by atoms with Crippen molar-refractivity contribution in [1.29, 1.82) is 0 Å². The average molecular weight is 399 g/mol. The molecule has 0 bridgehead atoms. The van der Waals surface area contributed by atoms with Gasteiger partial charge < -0.3 is 19.1 Å². The van der Waals surface area contributed by atoms with Gasteiger partial charge in [-0.2, -0.15) is 5.10 Å². The number of likely N-dealkylation sites (tertiary alicyclic amines) is 1. The number of benzene rings is 1. The zero-order valence-corrected chi connectivity index (χ0v) is 17.4. The molecule has 0 radical (unpaired) electrons. The van der Waals surface area contributed by atoms with Crippen LogP contribution in [0.25, 0.3) is 0 Å². The van der Waals surface area contributed by atoms with Crippen LogP contribution in [0.5, 0.6) is 11.5 Å². The standard InChI is InChI=1S/C22H29N3O4/c1-16(15-25-9-4-8-23-25)21(26)24-10-6-22(7-11-24)18-14-20(28-3)19(27-2)13-17(18)5-12-29-22/h4,8-9,13-14,16H,5-7,10-12,15H2,1-3H3. The van der Waals surface area contributed by atoms with Gasteiger partial charge in [0.05, 0.1) is 38.9 Å². The lowest BCUT2D eigenvalue weighted by molar-refractivity contribution is -0.144. The molecule has 0 aliphatic carbocycles. The fraction of sp³-hybridized carbons (Fsp3) is 0.545. The van der Waals surface area contributed by atoms with Crippen LogP contribution in [0.15, 0.2) is 30.6 Å². The summed E-state index contributed by atoms with van der Waals surface area (Å²) in [7, 11) is 3.32. The second-order valence-corrected chi connectivity index (χ2v) is 7.91. The molecule has 2 aliphatic heterocycles. The summed E-state index contributed by atoms with van der Waals surface area (Å²) in [6.07, 6.45) is 6.07. The molecular formula is C22H29N3O4. The van der Waals surface area contributed by atoms with Crippen molar-refractivity contribution in [2.45, 2.75) is 38.3 Å². The van der Waals surface area contributed by atoms with E-state index in [1.54, 1.807) is 20.4 Å². The highest BCUT2D eigenvalue weighted by atomic mass is 16.5. The van der Waals surface area contributed by atoms with Crippen LogP contribution in [-0.2, 0) is 28.1 Å². The monoisotopic (exact) mass is 399 g/mol. The molecule has 29 heavy (non-hydrogen) atoms. The van der Waals surface area contributed by atoms with Crippen LogP contribution in [0.1, 0.15) is 30.9 Å². The Kier molecular flexibility index (Phi) is 5.50. The van der Waals surface area contributed by atoms with Crippen LogP contribution in [-0.4, -0.2) is 54.5 Å². The van der Waals surface area contributed by atoms with Crippen molar-refractivity contribution in [1.82, 2.24) is 14.7 Å². The lowest BCUT2D eigenvalue weighted by atomic mass is 9.79. The lowest BCUT2D eigenvalue weighted by Crippen LogP contribution is -2.49. The Hall–Kier alpha value is -2.54. The Balaban J connectivity index is 1.48. The summed E-state index contributed by atoms with van der Waals surface area (Å²) < 4.78 is 19.1. The maximum absolute atomic E-state index is 12.9. The first kappa shape index (κ1) is 19.8. The maximum atomic E-state index is 12.9. The molecule has 0 saturated carbocycles. The summed E-state index contributed by atoms with van der Waals surface area (Å²) in [4.78, 5) is 14.9. The molecule has 3 heterocycles. The van der Waals surface area contributed by atoms with Gasteiger partial charge in [-0.3, -0.25) is 9.48 Å². The Bertz CT molecular complexity index is 857. The number of carbonyl (C=O) groups is 1. The number of hydrogen-bond donors (Lipinski definition) is 0. The van der Waals surface area contributed by atoms with Crippen molar-refractivity contribution < 1.29 is 19.0 Å². The zero-order chi connectivity index (χ0) is 20.4. The minimum atomic E-state index is -0.352. The molecule has 0 N–H and O–H groups in total.